The highest BCUT2D eigenvalue weighted by molar-refractivity contribution is 5.02. The van der Waals surface area contributed by atoms with Crippen LogP contribution in [0.5, 0.6) is 0 Å². The molecule has 1 rings (SSSR count). The number of aliphatic hydroxyl groups excluding tert-OH is 3. The Hall–Kier alpha value is -0.380. The third-order valence-corrected chi connectivity index (χ3v) is 1.75. The number of hydrogen-bond donors (Lipinski definition) is 3. The molecule has 1 aliphatic rings. The summed E-state index contributed by atoms with van der Waals surface area (Å²) in [5.41, 5.74) is 0. The fourth-order valence-electron chi connectivity index (χ4n) is 1.06. The molecule has 10 heavy (non-hydrogen) atoms. The van der Waals surface area contributed by atoms with Crippen LogP contribution in [0.4, 0.5) is 0 Å². The summed E-state index contributed by atoms with van der Waals surface area (Å²) in [5, 5.41) is 26.7. The van der Waals surface area contributed by atoms with E-state index in [1.54, 1.807) is 6.08 Å². The lowest BCUT2D eigenvalue weighted by atomic mass is 9.93. The molecular weight excluding hydrogens is 132 g/mol. The van der Waals surface area contributed by atoms with E-state index in [2.05, 4.69) is 0 Å². The Morgan fingerprint density at radius 2 is 2.00 bits per heavy atom. The van der Waals surface area contributed by atoms with Gasteiger partial charge in [-0.25, -0.2) is 0 Å². The fourth-order valence-corrected chi connectivity index (χ4v) is 1.06. The second-order valence-corrected chi connectivity index (χ2v) is 2.62. The lowest BCUT2D eigenvalue weighted by Crippen LogP contribution is -2.30. The van der Waals surface area contributed by atoms with Gasteiger partial charge in [-0.3, -0.25) is 0 Å². The van der Waals surface area contributed by atoms with E-state index in [9.17, 15) is 0 Å². The van der Waals surface area contributed by atoms with E-state index >= 15 is 0 Å². The lowest BCUT2D eigenvalue weighted by molar-refractivity contribution is 0.0224. The van der Waals surface area contributed by atoms with Crippen LogP contribution in [-0.2, 0) is 0 Å². The predicted octanol–water partition coefficient (Wildman–Crippen LogP) is -0.723. The Labute approximate surface area is 59.6 Å². The molecule has 0 aromatic carbocycles. The summed E-state index contributed by atoms with van der Waals surface area (Å²) < 4.78 is 0. The summed E-state index contributed by atoms with van der Waals surface area (Å²) in [5.74, 6) is 0.0124. The molecule has 0 aliphatic heterocycles. The van der Waals surface area contributed by atoms with E-state index in [4.69, 9.17) is 15.3 Å². The van der Waals surface area contributed by atoms with Crippen LogP contribution in [-0.4, -0.2) is 34.1 Å². The van der Waals surface area contributed by atoms with Gasteiger partial charge in [-0.15, -0.1) is 0 Å². The van der Waals surface area contributed by atoms with Crippen molar-refractivity contribution in [3.63, 3.8) is 0 Å². The predicted molar refractivity (Wildman–Crippen MR) is 36.3 cm³/mol. The van der Waals surface area contributed by atoms with Gasteiger partial charge in [0.1, 0.15) is 0 Å². The highest BCUT2D eigenvalue weighted by atomic mass is 16.3. The van der Waals surface area contributed by atoms with Gasteiger partial charge in [0, 0.05) is 12.5 Å². The highest BCUT2D eigenvalue weighted by Gasteiger charge is 2.21. The molecule has 3 nitrogen and oxygen atoms in total. The van der Waals surface area contributed by atoms with Crippen LogP contribution in [0.3, 0.4) is 0 Å². The second kappa shape index (κ2) is 3.14. The maximum Gasteiger partial charge on any atom is 0.0980 e. The number of aliphatic hydroxyl groups is 3. The summed E-state index contributed by atoms with van der Waals surface area (Å²) in [6, 6.07) is 0. The van der Waals surface area contributed by atoms with Crippen molar-refractivity contribution in [2.24, 2.45) is 5.92 Å². The molecule has 0 aromatic heterocycles. The van der Waals surface area contributed by atoms with Gasteiger partial charge in [0.25, 0.3) is 0 Å². The molecular formula is C7H12O3. The Kier molecular flexibility index (Phi) is 2.43. The molecule has 0 fully saturated rings. The van der Waals surface area contributed by atoms with Crippen molar-refractivity contribution in [3.05, 3.63) is 12.2 Å². The van der Waals surface area contributed by atoms with E-state index in [0.717, 1.165) is 0 Å². The van der Waals surface area contributed by atoms with Crippen LogP contribution in [0.25, 0.3) is 0 Å². The van der Waals surface area contributed by atoms with Gasteiger partial charge >= 0.3 is 0 Å². The van der Waals surface area contributed by atoms with Crippen LogP contribution >= 0.6 is 0 Å². The number of hydrogen-bond acceptors (Lipinski definition) is 3. The Bertz CT molecular complexity index is 133. The van der Waals surface area contributed by atoms with Gasteiger partial charge in [0.15, 0.2) is 0 Å². The van der Waals surface area contributed by atoms with Crippen LogP contribution < -0.4 is 0 Å². The third-order valence-electron chi connectivity index (χ3n) is 1.75. The van der Waals surface area contributed by atoms with Crippen molar-refractivity contribution in [2.75, 3.05) is 6.61 Å². The maximum absolute atomic E-state index is 9.07. The molecule has 0 saturated carbocycles. The Balaban J connectivity index is 2.51. The minimum absolute atomic E-state index is 0.0124. The summed E-state index contributed by atoms with van der Waals surface area (Å²) in [7, 11) is 0. The van der Waals surface area contributed by atoms with Crippen molar-refractivity contribution in [1.82, 2.24) is 0 Å². The summed E-state index contributed by atoms with van der Waals surface area (Å²) in [4.78, 5) is 0. The zero-order valence-electron chi connectivity index (χ0n) is 5.64. The van der Waals surface area contributed by atoms with Crippen molar-refractivity contribution in [2.45, 2.75) is 18.6 Å². The summed E-state index contributed by atoms with van der Waals surface area (Å²) >= 11 is 0. The molecule has 3 atom stereocenters. The molecule has 2 unspecified atom stereocenters. The van der Waals surface area contributed by atoms with Crippen molar-refractivity contribution < 1.29 is 15.3 Å². The van der Waals surface area contributed by atoms with E-state index < -0.39 is 12.2 Å². The minimum atomic E-state index is -0.747. The molecule has 58 valence electrons. The molecule has 1 aliphatic carbocycles. The molecule has 0 heterocycles. The average Bonchev–Trinajstić information content (AvgIpc) is 1.95. The smallest absolute Gasteiger partial charge is 0.0980 e. The summed E-state index contributed by atoms with van der Waals surface area (Å²) in [6.07, 6.45) is 2.26. The van der Waals surface area contributed by atoms with E-state index in [-0.39, 0.29) is 12.5 Å². The van der Waals surface area contributed by atoms with Gasteiger partial charge < -0.3 is 15.3 Å². The minimum Gasteiger partial charge on any atom is -0.396 e. The SMILES string of the molecule is OCC1C=CC(O)[C@@H](O)C1. The molecule has 0 spiro atoms. The van der Waals surface area contributed by atoms with Crippen LogP contribution in [0.2, 0.25) is 0 Å². The molecule has 0 bridgehead atoms. The molecule has 3 heteroatoms. The maximum atomic E-state index is 9.07. The molecule has 3 N–H and O–H groups in total. The van der Waals surface area contributed by atoms with Crippen LogP contribution in [0.15, 0.2) is 12.2 Å². The normalized spacial score (nSPS) is 40.1. The number of rotatable bonds is 1. The van der Waals surface area contributed by atoms with Crippen LogP contribution in [0, 0.1) is 5.92 Å². The first kappa shape index (κ1) is 7.72. The van der Waals surface area contributed by atoms with Gasteiger partial charge in [0.05, 0.1) is 12.2 Å². The largest absolute Gasteiger partial charge is 0.396 e. The molecule has 0 amide bonds. The van der Waals surface area contributed by atoms with E-state index in [1.165, 1.54) is 6.08 Å². The first-order valence-electron chi connectivity index (χ1n) is 3.39. The topological polar surface area (TPSA) is 60.7 Å². The van der Waals surface area contributed by atoms with Crippen LogP contribution in [0.1, 0.15) is 6.42 Å². The molecule has 0 aromatic rings. The van der Waals surface area contributed by atoms with E-state index in [0.29, 0.717) is 6.42 Å². The molecule has 0 radical (unpaired) electrons. The Morgan fingerprint density at radius 3 is 2.50 bits per heavy atom. The zero-order chi connectivity index (χ0) is 7.56. The van der Waals surface area contributed by atoms with Gasteiger partial charge in [-0.2, -0.15) is 0 Å². The third kappa shape index (κ3) is 1.56. The second-order valence-electron chi connectivity index (χ2n) is 2.62. The summed E-state index contributed by atoms with van der Waals surface area (Å²) in [6.45, 7) is 0.0419. The zero-order valence-corrected chi connectivity index (χ0v) is 5.64. The highest BCUT2D eigenvalue weighted by Crippen LogP contribution is 2.17. The quantitative estimate of drug-likeness (QED) is 0.425. The van der Waals surface area contributed by atoms with Gasteiger partial charge in [-0.1, -0.05) is 12.2 Å². The van der Waals surface area contributed by atoms with Crippen molar-refractivity contribution in [1.29, 1.82) is 0 Å². The standard InChI is InChI=1S/C7H12O3/c8-4-5-1-2-6(9)7(10)3-5/h1-2,5-10H,3-4H2/t5?,6?,7-/m0/s1. The lowest BCUT2D eigenvalue weighted by Gasteiger charge is -2.23. The average molecular weight is 144 g/mol. The van der Waals surface area contributed by atoms with E-state index in [1.807, 2.05) is 0 Å². The first-order valence-corrected chi connectivity index (χ1v) is 3.39. The monoisotopic (exact) mass is 144 g/mol. The van der Waals surface area contributed by atoms with Crippen molar-refractivity contribution >= 4 is 0 Å². The molecule has 0 saturated heterocycles. The first-order chi connectivity index (χ1) is 4.74. The van der Waals surface area contributed by atoms with Gasteiger partial charge in [-0.05, 0) is 6.42 Å². The van der Waals surface area contributed by atoms with Gasteiger partial charge in [0.2, 0.25) is 0 Å². The van der Waals surface area contributed by atoms with Crippen molar-refractivity contribution in [3.8, 4) is 0 Å². The fraction of sp³-hybridized carbons (Fsp3) is 0.714. The Morgan fingerprint density at radius 1 is 1.30 bits per heavy atom.